The molecule has 0 radical (unpaired) electrons. The van der Waals surface area contributed by atoms with Gasteiger partial charge in [0.15, 0.2) is 0 Å². The first-order valence-corrected chi connectivity index (χ1v) is 8.64. The monoisotopic (exact) mass is 348 g/mol. The maximum absolute atomic E-state index is 12.7. The summed E-state index contributed by atoms with van der Waals surface area (Å²) < 4.78 is 13.4. The van der Waals surface area contributed by atoms with E-state index < -0.39 is 0 Å². The van der Waals surface area contributed by atoms with E-state index in [1.54, 1.807) is 28.9 Å². The molecule has 0 fully saturated rings. The number of nitrogens with zero attached hydrogens (tertiary/aromatic N) is 4. The van der Waals surface area contributed by atoms with E-state index in [9.17, 15) is 9.59 Å². The molecular formula is C17H24N4O4. The SMILES string of the molecule is COCCN(Cc1ccco1)C(=O)Cn1nc2n(c1=O)CCCCC2. The lowest BCUT2D eigenvalue weighted by molar-refractivity contribution is -0.133. The Hall–Kier alpha value is -2.35. The summed E-state index contributed by atoms with van der Waals surface area (Å²) in [6.07, 6.45) is 5.48. The van der Waals surface area contributed by atoms with Crippen LogP contribution in [0, 0.1) is 0 Å². The minimum atomic E-state index is -0.199. The molecule has 0 aromatic carbocycles. The van der Waals surface area contributed by atoms with Gasteiger partial charge in [-0.3, -0.25) is 9.36 Å². The summed E-state index contributed by atoms with van der Waals surface area (Å²) >= 11 is 0. The highest BCUT2D eigenvalue weighted by molar-refractivity contribution is 5.75. The van der Waals surface area contributed by atoms with Crippen molar-refractivity contribution in [1.29, 1.82) is 0 Å². The summed E-state index contributed by atoms with van der Waals surface area (Å²) in [5.74, 6) is 1.30. The van der Waals surface area contributed by atoms with Crippen molar-refractivity contribution >= 4 is 5.91 Å². The maximum atomic E-state index is 12.7. The van der Waals surface area contributed by atoms with Crippen molar-refractivity contribution in [3.63, 3.8) is 0 Å². The predicted octanol–water partition coefficient (Wildman–Crippen LogP) is 1.04. The van der Waals surface area contributed by atoms with Crippen molar-refractivity contribution < 1.29 is 13.9 Å². The van der Waals surface area contributed by atoms with Crippen molar-refractivity contribution in [3.8, 4) is 0 Å². The van der Waals surface area contributed by atoms with E-state index in [4.69, 9.17) is 9.15 Å². The molecule has 0 spiro atoms. The fourth-order valence-corrected chi connectivity index (χ4v) is 3.04. The topological polar surface area (TPSA) is 82.5 Å². The number of aromatic nitrogens is 3. The Morgan fingerprint density at radius 3 is 3.04 bits per heavy atom. The molecule has 1 amide bonds. The van der Waals surface area contributed by atoms with Crippen LogP contribution >= 0.6 is 0 Å². The largest absolute Gasteiger partial charge is 0.467 e. The molecule has 0 atom stereocenters. The van der Waals surface area contributed by atoms with Crippen molar-refractivity contribution in [2.24, 2.45) is 0 Å². The average Bonchev–Trinajstić information content (AvgIpc) is 3.14. The molecule has 0 aliphatic carbocycles. The maximum Gasteiger partial charge on any atom is 0.346 e. The summed E-state index contributed by atoms with van der Waals surface area (Å²) in [6.45, 7) is 1.81. The Bertz CT molecular complexity index is 747. The van der Waals surface area contributed by atoms with Crippen LogP contribution < -0.4 is 5.69 Å². The molecule has 3 rings (SSSR count). The van der Waals surface area contributed by atoms with Crippen molar-refractivity contribution in [2.45, 2.75) is 45.3 Å². The van der Waals surface area contributed by atoms with Crippen LogP contribution in [0.15, 0.2) is 27.6 Å². The number of carbonyl (C=O) groups excluding carboxylic acids is 1. The van der Waals surface area contributed by atoms with E-state index in [0.717, 1.165) is 31.5 Å². The average molecular weight is 348 g/mol. The van der Waals surface area contributed by atoms with Gasteiger partial charge in [0.1, 0.15) is 18.1 Å². The summed E-state index contributed by atoms with van der Waals surface area (Å²) in [6, 6.07) is 3.60. The fourth-order valence-electron chi connectivity index (χ4n) is 3.04. The molecule has 1 aliphatic rings. The van der Waals surface area contributed by atoms with Gasteiger partial charge in [0.2, 0.25) is 5.91 Å². The van der Waals surface area contributed by atoms with E-state index >= 15 is 0 Å². The molecule has 0 bridgehead atoms. The number of aryl methyl sites for hydroxylation is 1. The highest BCUT2D eigenvalue weighted by atomic mass is 16.5. The van der Waals surface area contributed by atoms with E-state index in [0.29, 0.717) is 32.0 Å². The highest BCUT2D eigenvalue weighted by Gasteiger charge is 2.20. The number of fused-ring (bicyclic) bond motifs is 1. The molecular weight excluding hydrogens is 324 g/mol. The van der Waals surface area contributed by atoms with Gasteiger partial charge in [0.05, 0.1) is 19.4 Å². The van der Waals surface area contributed by atoms with Crippen LogP contribution in [0.1, 0.15) is 30.8 Å². The second-order valence-electron chi connectivity index (χ2n) is 6.21. The standard InChI is InChI=1S/C17H24N4O4/c1-24-11-9-19(12-14-6-5-10-25-14)16(22)13-21-17(23)20-8-4-2-3-7-15(20)18-21/h5-6,10H,2-4,7-9,11-13H2,1H3. The Kier molecular flexibility index (Phi) is 5.70. The molecule has 2 aromatic rings. The van der Waals surface area contributed by atoms with E-state index in [-0.39, 0.29) is 18.1 Å². The van der Waals surface area contributed by atoms with E-state index in [1.165, 1.54) is 4.68 Å². The number of methoxy groups -OCH3 is 1. The van der Waals surface area contributed by atoms with Crippen LogP contribution in [0.25, 0.3) is 0 Å². The first-order chi connectivity index (χ1) is 12.2. The van der Waals surface area contributed by atoms with Crippen LogP contribution in [-0.2, 0) is 35.6 Å². The molecule has 0 saturated carbocycles. The molecule has 136 valence electrons. The normalized spacial score (nSPS) is 14.1. The second-order valence-corrected chi connectivity index (χ2v) is 6.21. The molecule has 25 heavy (non-hydrogen) atoms. The third-order valence-corrected chi connectivity index (χ3v) is 4.41. The molecule has 2 aromatic heterocycles. The first-order valence-electron chi connectivity index (χ1n) is 8.64. The number of rotatable bonds is 7. The quantitative estimate of drug-likeness (QED) is 0.747. The molecule has 1 aliphatic heterocycles. The number of hydrogen-bond donors (Lipinski definition) is 0. The number of ether oxygens (including phenoxy) is 1. The van der Waals surface area contributed by atoms with Gasteiger partial charge in [0.25, 0.3) is 0 Å². The first kappa shape index (κ1) is 17.5. The summed E-state index contributed by atoms with van der Waals surface area (Å²) in [4.78, 5) is 26.8. The van der Waals surface area contributed by atoms with Gasteiger partial charge in [-0.2, -0.15) is 5.10 Å². The Morgan fingerprint density at radius 2 is 2.28 bits per heavy atom. The van der Waals surface area contributed by atoms with Crippen LogP contribution in [-0.4, -0.2) is 45.4 Å². The van der Waals surface area contributed by atoms with Crippen LogP contribution in [0.4, 0.5) is 0 Å². The van der Waals surface area contributed by atoms with Crippen molar-refractivity contribution in [3.05, 3.63) is 40.5 Å². The van der Waals surface area contributed by atoms with Gasteiger partial charge in [-0.15, -0.1) is 0 Å². The minimum absolute atomic E-state index is 0.0662. The number of hydrogen-bond acceptors (Lipinski definition) is 5. The lowest BCUT2D eigenvalue weighted by atomic mass is 10.2. The highest BCUT2D eigenvalue weighted by Crippen LogP contribution is 2.11. The lowest BCUT2D eigenvalue weighted by Crippen LogP contribution is -2.38. The molecule has 0 saturated heterocycles. The Morgan fingerprint density at radius 1 is 1.40 bits per heavy atom. The van der Waals surface area contributed by atoms with Gasteiger partial charge in [-0.1, -0.05) is 6.42 Å². The summed E-state index contributed by atoms with van der Waals surface area (Å²) in [5.41, 5.74) is -0.199. The summed E-state index contributed by atoms with van der Waals surface area (Å²) in [7, 11) is 1.59. The van der Waals surface area contributed by atoms with Gasteiger partial charge in [0, 0.05) is 26.6 Å². The number of amides is 1. The second kappa shape index (κ2) is 8.15. The van der Waals surface area contributed by atoms with Crippen LogP contribution in [0.2, 0.25) is 0 Å². The number of carbonyl (C=O) groups is 1. The van der Waals surface area contributed by atoms with E-state index in [1.807, 2.05) is 6.07 Å². The summed E-state index contributed by atoms with van der Waals surface area (Å²) in [5, 5.41) is 4.37. The molecule has 0 N–H and O–H groups in total. The number of furan rings is 1. The van der Waals surface area contributed by atoms with Crippen molar-refractivity contribution in [1.82, 2.24) is 19.2 Å². The molecule has 8 heteroatoms. The van der Waals surface area contributed by atoms with Gasteiger partial charge in [-0.05, 0) is 25.0 Å². The zero-order valence-corrected chi connectivity index (χ0v) is 14.5. The lowest BCUT2D eigenvalue weighted by Gasteiger charge is -2.21. The molecule has 0 unspecified atom stereocenters. The third kappa shape index (κ3) is 4.19. The predicted molar refractivity (Wildman–Crippen MR) is 90.0 cm³/mol. The minimum Gasteiger partial charge on any atom is -0.467 e. The zero-order valence-electron chi connectivity index (χ0n) is 14.5. The smallest absolute Gasteiger partial charge is 0.346 e. The van der Waals surface area contributed by atoms with Crippen LogP contribution in [0.5, 0.6) is 0 Å². The Balaban J connectivity index is 1.73. The van der Waals surface area contributed by atoms with Gasteiger partial charge >= 0.3 is 5.69 Å². The molecule has 3 heterocycles. The van der Waals surface area contributed by atoms with Crippen molar-refractivity contribution in [2.75, 3.05) is 20.3 Å². The molecule has 8 nitrogen and oxygen atoms in total. The zero-order chi connectivity index (χ0) is 17.6. The van der Waals surface area contributed by atoms with E-state index in [2.05, 4.69) is 5.10 Å². The Labute approximate surface area is 146 Å². The van der Waals surface area contributed by atoms with Gasteiger partial charge in [-0.25, -0.2) is 9.48 Å². The van der Waals surface area contributed by atoms with Gasteiger partial charge < -0.3 is 14.1 Å². The van der Waals surface area contributed by atoms with Crippen LogP contribution in [0.3, 0.4) is 0 Å². The fraction of sp³-hybridized carbons (Fsp3) is 0.588. The third-order valence-electron chi connectivity index (χ3n) is 4.41.